The summed E-state index contributed by atoms with van der Waals surface area (Å²) in [6.07, 6.45) is 5.69. The zero-order valence-electron chi connectivity index (χ0n) is 16.7. The molecule has 1 unspecified atom stereocenters. The average Bonchev–Trinajstić information content (AvgIpc) is 3.15. The Kier molecular flexibility index (Phi) is 6.29. The smallest absolute Gasteiger partial charge is 0.247 e. The molecule has 4 N–H and O–H groups in total. The van der Waals surface area contributed by atoms with Crippen LogP contribution in [0.25, 0.3) is 11.2 Å². The van der Waals surface area contributed by atoms with Crippen LogP contribution in [0.2, 0.25) is 0 Å². The van der Waals surface area contributed by atoms with E-state index in [9.17, 15) is 10.2 Å². The number of fused-ring (bicyclic) bond motifs is 1. The van der Waals surface area contributed by atoms with Gasteiger partial charge in [0.1, 0.15) is 12.2 Å². The Morgan fingerprint density at radius 1 is 1.32 bits per heavy atom. The number of nitrogen functional groups attached to an aromatic ring is 1. The van der Waals surface area contributed by atoms with Gasteiger partial charge in [-0.3, -0.25) is 4.57 Å². The van der Waals surface area contributed by atoms with Gasteiger partial charge in [-0.25, -0.2) is 4.98 Å². The van der Waals surface area contributed by atoms with Gasteiger partial charge in [-0.05, 0) is 32.3 Å². The minimum atomic E-state index is -1.26. The number of hydrogen-bond acceptors (Lipinski definition) is 8. The van der Waals surface area contributed by atoms with Crippen LogP contribution in [0, 0.1) is 0 Å². The van der Waals surface area contributed by atoms with Crippen molar-refractivity contribution in [2.75, 3.05) is 31.8 Å². The molecule has 10 heteroatoms. The Labute approximate surface area is 164 Å². The second-order valence-corrected chi connectivity index (χ2v) is 12.2. The molecular formula is C18H30N5O4P. The molecule has 9 nitrogen and oxygen atoms in total. The molecule has 0 spiro atoms. The zero-order chi connectivity index (χ0) is 20.5. The highest BCUT2D eigenvalue weighted by atomic mass is 31.2. The highest BCUT2D eigenvalue weighted by molar-refractivity contribution is 7.72. The predicted octanol–water partition coefficient (Wildman–Crippen LogP) is 1.31. The maximum absolute atomic E-state index is 10.6. The van der Waals surface area contributed by atoms with E-state index in [1.807, 2.05) is 0 Å². The van der Waals surface area contributed by atoms with E-state index in [0.29, 0.717) is 30.1 Å². The minimum absolute atomic E-state index is 0.0499. The molecule has 1 saturated heterocycles. The fourth-order valence-electron chi connectivity index (χ4n) is 3.18. The number of rotatable bonds is 8. The lowest BCUT2D eigenvalue weighted by Crippen LogP contribution is -2.31. The number of nitrogens with two attached hydrogens (primary N) is 1. The van der Waals surface area contributed by atoms with Gasteiger partial charge in [0.15, 0.2) is 17.4 Å². The molecule has 0 radical (unpaired) electrons. The number of imidazole rings is 1. The van der Waals surface area contributed by atoms with Gasteiger partial charge in [-0.1, -0.05) is 13.3 Å². The summed E-state index contributed by atoms with van der Waals surface area (Å²) in [6.45, 7) is 5.58. The van der Waals surface area contributed by atoms with E-state index in [2.05, 4.69) is 41.5 Å². The molecule has 3 rings (SSSR count). The molecule has 2 aromatic heterocycles. The Hall–Kier alpha value is -1.67. The fraction of sp³-hybridized carbons (Fsp3) is 0.667. The number of hydrogen-bond donors (Lipinski definition) is 3. The molecule has 4 atom stereocenters. The summed E-state index contributed by atoms with van der Waals surface area (Å²) in [6, 6.07) is 0. The first-order valence-corrected chi connectivity index (χ1v) is 12.6. The van der Waals surface area contributed by atoms with Gasteiger partial charge in [0.2, 0.25) is 11.8 Å². The van der Waals surface area contributed by atoms with Crippen LogP contribution in [0.15, 0.2) is 6.33 Å². The predicted molar refractivity (Wildman–Crippen MR) is 111 cm³/mol. The van der Waals surface area contributed by atoms with Crippen LogP contribution < -0.4 is 10.5 Å². The highest BCUT2D eigenvalue weighted by Crippen LogP contribution is 2.40. The highest BCUT2D eigenvalue weighted by Gasteiger charge is 2.44. The molecule has 156 valence electrons. The first kappa shape index (κ1) is 21.0. The summed E-state index contributed by atoms with van der Waals surface area (Å²) in [7, 11) is 0. The van der Waals surface area contributed by atoms with Crippen molar-refractivity contribution in [3.05, 3.63) is 6.33 Å². The number of aromatic nitrogens is 4. The van der Waals surface area contributed by atoms with Crippen molar-refractivity contribution in [3.63, 3.8) is 0 Å². The first-order chi connectivity index (χ1) is 13.2. The first-order valence-electron chi connectivity index (χ1n) is 9.53. The van der Waals surface area contributed by atoms with Crippen LogP contribution in [-0.2, 0) is 4.74 Å². The summed E-state index contributed by atoms with van der Waals surface area (Å²) in [5, 5.41) is 21.0. The summed E-state index contributed by atoms with van der Waals surface area (Å²) >= 11 is 0. The van der Waals surface area contributed by atoms with Crippen molar-refractivity contribution < 1.29 is 19.7 Å². The largest absolute Gasteiger partial charge is 0.476 e. The normalized spacial score (nSPS) is 25.5. The lowest BCUT2D eigenvalue weighted by molar-refractivity contribution is -0.0353. The minimum Gasteiger partial charge on any atom is -0.476 e. The van der Waals surface area contributed by atoms with Crippen molar-refractivity contribution in [3.8, 4) is 5.88 Å². The van der Waals surface area contributed by atoms with Crippen LogP contribution in [0.5, 0.6) is 5.88 Å². The molecule has 0 amide bonds. The van der Waals surface area contributed by atoms with Gasteiger partial charge in [0.05, 0.1) is 19.0 Å². The zero-order valence-corrected chi connectivity index (χ0v) is 17.5. The van der Waals surface area contributed by atoms with Gasteiger partial charge < -0.3 is 25.4 Å². The van der Waals surface area contributed by atoms with Crippen molar-refractivity contribution in [1.29, 1.82) is 0 Å². The number of aliphatic hydroxyl groups excluding tert-OH is 2. The maximum atomic E-state index is 10.6. The average molecular weight is 411 g/mol. The van der Waals surface area contributed by atoms with E-state index in [4.69, 9.17) is 15.2 Å². The van der Waals surface area contributed by atoms with Gasteiger partial charge in [0, 0.05) is 0 Å². The van der Waals surface area contributed by atoms with E-state index < -0.39 is 31.4 Å². The van der Waals surface area contributed by atoms with E-state index >= 15 is 0 Å². The number of unbranched alkanes of at least 4 members (excludes halogenated alkanes) is 1. The number of nitrogens with zero attached hydrogens (tertiary/aromatic N) is 4. The molecule has 1 fully saturated rings. The van der Waals surface area contributed by atoms with Crippen LogP contribution in [0.3, 0.4) is 0 Å². The molecule has 2 aromatic rings. The van der Waals surface area contributed by atoms with Crippen molar-refractivity contribution >= 4 is 30.3 Å². The Morgan fingerprint density at radius 2 is 2.07 bits per heavy atom. The number of anilines is 1. The van der Waals surface area contributed by atoms with Crippen molar-refractivity contribution in [2.24, 2.45) is 0 Å². The van der Waals surface area contributed by atoms with Crippen LogP contribution in [-0.4, -0.2) is 80.4 Å². The molecule has 0 aromatic carbocycles. The van der Waals surface area contributed by atoms with Crippen molar-refractivity contribution in [1.82, 2.24) is 19.5 Å². The molecule has 28 heavy (non-hydrogen) atoms. The topological polar surface area (TPSA) is 129 Å². The van der Waals surface area contributed by atoms with Crippen LogP contribution >= 0.6 is 6.89 Å². The lowest BCUT2D eigenvalue weighted by Gasteiger charge is -2.18. The Bertz CT molecular complexity index is 867. The number of ether oxygens (including phenoxy) is 2. The molecule has 0 saturated carbocycles. The second-order valence-electron chi connectivity index (χ2n) is 7.91. The van der Waals surface area contributed by atoms with Gasteiger partial charge in [-0.2, -0.15) is 9.97 Å². The maximum Gasteiger partial charge on any atom is 0.247 e. The summed E-state index contributed by atoms with van der Waals surface area (Å²) < 4.78 is 13.3. The standard InChI is InChI=1S/C18H30N5O4P/c1-5-6-8-26-16-12-15(21-18(19)22-16)23(10-20-12)17-14(25)13(24)11(27-17)7-9-28(2,3)4/h10-11,13-14,17,24-25H,2,5-9H2,1,3-4H3,(H2,19,21,22)/t11?,13-,14-,17-/m1/s1. The van der Waals surface area contributed by atoms with E-state index in [-0.39, 0.29) is 5.95 Å². The van der Waals surface area contributed by atoms with Crippen molar-refractivity contribution in [2.45, 2.75) is 50.7 Å². The summed E-state index contributed by atoms with van der Waals surface area (Å²) in [5.41, 5.74) is 6.69. The van der Waals surface area contributed by atoms with E-state index in [0.717, 1.165) is 19.0 Å². The molecule has 0 bridgehead atoms. The monoisotopic (exact) mass is 411 g/mol. The Morgan fingerprint density at radius 3 is 2.75 bits per heavy atom. The molecule has 1 aliphatic rings. The third-order valence-electron chi connectivity index (χ3n) is 4.77. The molecular weight excluding hydrogens is 381 g/mol. The third kappa shape index (κ3) is 4.49. The lowest BCUT2D eigenvalue weighted by atomic mass is 10.1. The summed E-state index contributed by atoms with van der Waals surface area (Å²) in [4.78, 5) is 12.7. The third-order valence-corrected chi connectivity index (χ3v) is 6.24. The second kappa shape index (κ2) is 8.37. The molecule has 1 aliphatic heterocycles. The van der Waals surface area contributed by atoms with Gasteiger partial charge in [0.25, 0.3) is 0 Å². The van der Waals surface area contributed by atoms with Gasteiger partial charge in [-0.15, -0.1) is 13.2 Å². The van der Waals surface area contributed by atoms with E-state index in [1.54, 1.807) is 4.57 Å². The van der Waals surface area contributed by atoms with Gasteiger partial charge >= 0.3 is 0 Å². The SMILES string of the molecule is C=P(C)(C)CCC1O[C@@H](n2cnc3c(OCCCC)nc(N)nc32)[C@H](O)[C@@H]1O. The van der Waals surface area contributed by atoms with E-state index in [1.165, 1.54) is 6.33 Å². The molecule has 3 heterocycles. The number of aliphatic hydroxyl groups is 2. The van der Waals surface area contributed by atoms with Crippen LogP contribution in [0.1, 0.15) is 32.4 Å². The molecule has 0 aliphatic carbocycles. The fourth-order valence-corrected chi connectivity index (χ4v) is 4.13. The van der Waals surface area contributed by atoms with Crippen LogP contribution in [0.4, 0.5) is 5.95 Å². The summed E-state index contributed by atoms with van der Waals surface area (Å²) in [5.74, 6) is 0.358. The Balaban J connectivity index is 1.86. The quantitative estimate of drug-likeness (QED) is 0.438.